The van der Waals surface area contributed by atoms with Crippen LogP contribution in [0.3, 0.4) is 0 Å². The zero-order chi connectivity index (χ0) is 41.6. The molecule has 55 heavy (non-hydrogen) atoms. The van der Waals surface area contributed by atoms with Gasteiger partial charge in [0.15, 0.2) is 0 Å². The number of piperidine rings is 2. The van der Waals surface area contributed by atoms with Gasteiger partial charge in [0.2, 0.25) is 0 Å². The Bertz CT molecular complexity index is 1570. The Balaban J connectivity index is 0.000000314. The van der Waals surface area contributed by atoms with Gasteiger partial charge in [-0.15, -0.1) is 0 Å². The summed E-state index contributed by atoms with van der Waals surface area (Å²) in [5.41, 5.74) is -2.45. The van der Waals surface area contributed by atoms with E-state index in [1.807, 2.05) is 20.8 Å². The Morgan fingerprint density at radius 2 is 1.25 bits per heavy atom. The summed E-state index contributed by atoms with van der Waals surface area (Å²) in [5, 5.41) is 14.1. The number of hydrogen-bond acceptors (Lipinski definition) is 7. The van der Waals surface area contributed by atoms with Gasteiger partial charge in [0.1, 0.15) is 22.8 Å². The third-order valence-corrected chi connectivity index (χ3v) is 8.38. The van der Waals surface area contributed by atoms with Crippen molar-refractivity contribution >= 4 is 23.9 Å². The van der Waals surface area contributed by atoms with E-state index in [0.29, 0.717) is 43.9 Å². The first-order valence-corrected chi connectivity index (χ1v) is 18.1. The molecule has 0 unspecified atom stereocenters. The number of aliphatic carboxylic acids is 1. The molecule has 10 nitrogen and oxygen atoms in total. The number of nitrogens with zero attached hydrogens (tertiary/aromatic N) is 1. The van der Waals surface area contributed by atoms with E-state index in [4.69, 9.17) is 14.6 Å². The molecule has 308 valence electrons. The molecule has 0 spiro atoms. The van der Waals surface area contributed by atoms with E-state index >= 15 is 0 Å². The van der Waals surface area contributed by atoms with Crippen LogP contribution in [0.5, 0.6) is 0 Å². The summed E-state index contributed by atoms with van der Waals surface area (Å²) in [6.07, 6.45) is 4.39. The molecular weight excluding hydrogens is 736 g/mol. The lowest BCUT2D eigenvalue weighted by molar-refractivity contribution is -0.166. The Kier molecular flexibility index (Phi) is 17.5. The van der Waals surface area contributed by atoms with Gasteiger partial charge in [0.25, 0.3) is 5.91 Å². The fraction of sp³-hybridized carbons (Fsp3) is 0.590. The Hall–Kier alpha value is -4.34. The number of carboxylic acids is 1. The molecule has 0 aliphatic carbocycles. The summed E-state index contributed by atoms with van der Waals surface area (Å²) in [6.45, 7) is 13.9. The van der Waals surface area contributed by atoms with Crippen molar-refractivity contribution in [2.24, 2.45) is 11.8 Å². The molecule has 4 rings (SSSR count). The van der Waals surface area contributed by atoms with E-state index < -0.39 is 58.2 Å². The first-order chi connectivity index (χ1) is 25.4. The van der Waals surface area contributed by atoms with Crippen LogP contribution in [0, 0.1) is 23.5 Å². The van der Waals surface area contributed by atoms with Crippen molar-refractivity contribution in [1.29, 1.82) is 0 Å². The van der Waals surface area contributed by atoms with Gasteiger partial charge in [-0.05, 0) is 123 Å². The summed E-state index contributed by atoms with van der Waals surface area (Å²) in [5.74, 6) is -12.4. The van der Waals surface area contributed by atoms with Gasteiger partial charge in [0, 0.05) is 37.2 Å². The van der Waals surface area contributed by atoms with Gasteiger partial charge < -0.3 is 30.1 Å². The maximum absolute atomic E-state index is 14.4. The van der Waals surface area contributed by atoms with Crippen LogP contribution in [0.25, 0.3) is 0 Å². The van der Waals surface area contributed by atoms with E-state index in [2.05, 4.69) is 10.6 Å². The number of rotatable bonds is 9. The van der Waals surface area contributed by atoms with Gasteiger partial charge in [-0.25, -0.2) is 18.4 Å². The number of nitrogens with one attached hydrogen (secondary N) is 2. The van der Waals surface area contributed by atoms with Crippen LogP contribution in [0.1, 0.15) is 91.2 Å². The second kappa shape index (κ2) is 20.5. The second-order valence-corrected chi connectivity index (χ2v) is 15.4. The minimum atomic E-state index is -4.04. The summed E-state index contributed by atoms with van der Waals surface area (Å²) < 4.78 is 90.2. The van der Waals surface area contributed by atoms with Crippen LogP contribution < -0.4 is 10.6 Å². The molecule has 2 aliphatic rings. The lowest BCUT2D eigenvalue weighted by atomic mass is 9.93. The van der Waals surface area contributed by atoms with Crippen LogP contribution in [0.15, 0.2) is 48.5 Å². The highest BCUT2D eigenvalue weighted by atomic mass is 19.3. The number of carbonyl (C=O) groups is 4. The van der Waals surface area contributed by atoms with E-state index in [1.54, 1.807) is 20.8 Å². The fourth-order valence-corrected chi connectivity index (χ4v) is 5.58. The van der Waals surface area contributed by atoms with Crippen molar-refractivity contribution in [1.82, 2.24) is 15.5 Å². The van der Waals surface area contributed by atoms with Crippen LogP contribution >= 0.6 is 0 Å². The maximum Gasteiger partial charge on any atom is 0.407 e. The lowest BCUT2D eigenvalue weighted by Gasteiger charge is -2.34. The number of likely N-dealkylation sites (tertiary alicyclic amines) is 1. The van der Waals surface area contributed by atoms with Gasteiger partial charge >= 0.3 is 29.9 Å². The number of amides is 2. The Morgan fingerprint density at radius 3 is 1.71 bits per heavy atom. The SMILES string of the molecule is CC(C)(C)OC(=O)CCC1CCNCC1.CC(C)(C)OC(=O)NCC1CCN(C(=O)C(F)(F)c2cccc(F)c2)CC1.O=C(O)C(F)(F)c1cccc(F)c1. The van der Waals surface area contributed by atoms with E-state index in [9.17, 15) is 45.5 Å². The van der Waals surface area contributed by atoms with Crippen LogP contribution in [0.4, 0.5) is 31.1 Å². The van der Waals surface area contributed by atoms with Gasteiger partial charge in [0.05, 0.1) is 0 Å². The molecule has 0 atom stereocenters. The molecule has 2 fully saturated rings. The quantitative estimate of drug-likeness (QED) is 0.173. The summed E-state index contributed by atoms with van der Waals surface area (Å²) >= 11 is 0. The van der Waals surface area contributed by atoms with Crippen molar-refractivity contribution in [3.05, 3.63) is 71.3 Å². The molecule has 2 heterocycles. The number of alkyl halides is 4. The normalized spacial score (nSPS) is 15.7. The summed E-state index contributed by atoms with van der Waals surface area (Å²) in [4.78, 5) is 46.5. The van der Waals surface area contributed by atoms with Crippen LogP contribution in [-0.2, 0) is 35.7 Å². The number of carboxylic acid groups (broad SMARTS) is 1. The molecular formula is C39H53F6N3O7. The van der Waals surface area contributed by atoms with Crippen molar-refractivity contribution in [3.63, 3.8) is 0 Å². The van der Waals surface area contributed by atoms with Crippen molar-refractivity contribution < 1.29 is 60.1 Å². The maximum atomic E-state index is 14.4. The Morgan fingerprint density at radius 1 is 0.764 bits per heavy atom. The van der Waals surface area contributed by atoms with Gasteiger partial charge in [-0.1, -0.05) is 24.3 Å². The van der Waals surface area contributed by atoms with E-state index in [0.717, 1.165) is 60.8 Å². The lowest BCUT2D eigenvalue weighted by Crippen LogP contribution is -2.47. The molecule has 16 heteroatoms. The zero-order valence-corrected chi connectivity index (χ0v) is 32.2. The molecule has 0 bridgehead atoms. The van der Waals surface area contributed by atoms with Crippen molar-refractivity contribution in [2.75, 3.05) is 32.7 Å². The van der Waals surface area contributed by atoms with Crippen molar-refractivity contribution in [3.8, 4) is 0 Å². The molecule has 2 aliphatic heterocycles. The molecule has 0 saturated carbocycles. The molecule has 0 aromatic heterocycles. The molecule has 2 aromatic carbocycles. The highest BCUT2D eigenvalue weighted by Crippen LogP contribution is 2.32. The number of alkyl carbamates (subject to hydrolysis) is 1. The number of halogens is 6. The minimum absolute atomic E-state index is 0.0546. The zero-order valence-electron chi connectivity index (χ0n) is 32.2. The summed E-state index contributed by atoms with van der Waals surface area (Å²) in [7, 11) is 0. The smallest absolute Gasteiger partial charge is 0.407 e. The third-order valence-electron chi connectivity index (χ3n) is 8.38. The van der Waals surface area contributed by atoms with E-state index in [1.165, 1.54) is 12.8 Å². The predicted octanol–water partition coefficient (Wildman–Crippen LogP) is 7.79. The monoisotopic (exact) mass is 789 g/mol. The first kappa shape index (κ1) is 46.8. The average molecular weight is 790 g/mol. The summed E-state index contributed by atoms with van der Waals surface area (Å²) in [6, 6.07) is 7.26. The highest BCUT2D eigenvalue weighted by Gasteiger charge is 2.45. The number of hydrogen-bond donors (Lipinski definition) is 3. The minimum Gasteiger partial charge on any atom is -0.477 e. The number of carbonyl (C=O) groups excluding carboxylic acids is 3. The van der Waals surface area contributed by atoms with Crippen LogP contribution in [0.2, 0.25) is 0 Å². The topological polar surface area (TPSA) is 134 Å². The second-order valence-electron chi connectivity index (χ2n) is 15.4. The van der Waals surface area contributed by atoms with Gasteiger partial charge in [-0.2, -0.15) is 17.6 Å². The van der Waals surface area contributed by atoms with Gasteiger partial charge in [-0.3, -0.25) is 9.59 Å². The average Bonchev–Trinajstić information content (AvgIpc) is 3.09. The number of benzene rings is 2. The Labute approximate surface area is 318 Å². The molecule has 3 N–H and O–H groups in total. The highest BCUT2D eigenvalue weighted by molar-refractivity contribution is 5.85. The largest absolute Gasteiger partial charge is 0.477 e. The molecule has 2 saturated heterocycles. The van der Waals surface area contributed by atoms with Crippen LogP contribution in [-0.4, -0.2) is 77.9 Å². The third kappa shape index (κ3) is 16.9. The fourth-order valence-electron chi connectivity index (χ4n) is 5.58. The van der Waals surface area contributed by atoms with Crippen molar-refractivity contribution in [2.45, 2.75) is 103 Å². The molecule has 0 radical (unpaired) electrons. The number of esters is 1. The number of ether oxygens (including phenoxy) is 2. The molecule has 2 aromatic rings. The predicted molar refractivity (Wildman–Crippen MR) is 192 cm³/mol. The first-order valence-electron chi connectivity index (χ1n) is 18.1. The molecule has 2 amide bonds. The standard InChI is InChI=1S/C19H25F3N2O3.C12H23NO2.C8H5F3O2/c1-18(2,3)27-17(26)23-12-13-7-9-24(10-8-13)16(25)19(21,22)14-5-4-6-15(20)11-14;1-12(2,3)15-11(14)5-4-10-6-8-13-9-7-10;9-6-3-1-2-5(4-6)8(10,11)7(12)13/h4-6,11,13H,7-10,12H2,1-3H3,(H,23,26);10,13H,4-9H2,1-3H3;1-4H,(H,12,13). The van der Waals surface area contributed by atoms with E-state index in [-0.39, 0.29) is 30.6 Å².